The van der Waals surface area contributed by atoms with Gasteiger partial charge in [0.15, 0.2) is 0 Å². The molecule has 1 aliphatic rings. The lowest BCUT2D eigenvalue weighted by atomic mass is 10.1. The van der Waals surface area contributed by atoms with Crippen molar-refractivity contribution in [2.75, 3.05) is 32.8 Å². The molecule has 1 aromatic heterocycles. The molecular weight excluding hydrogens is 410 g/mol. The van der Waals surface area contributed by atoms with Crippen molar-refractivity contribution in [2.45, 2.75) is 38.0 Å². The molecule has 1 aromatic carbocycles. The summed E-state index contributed by atoms with van der Waals surface area (Å²) in [6.45, 7) is 5.77. The number of benzene rings is 1. The molecule has 0 saturated carbocycles. The molecule has 9 heteroatoms. The van der Waals surface area contributed by atoms with Crippen LogP contribution in [0.5, 0.6) is 0 Å². The highest BCUT2D eigenvalue weighted by atomic mass is 32.2. The van der Waals surface area contributed by atoms with Crippen LogP contribution in [0.2, 0.25) is 0 Å². The van der Waals surface area contributed by atoms with Crippen LogP contribution in [0.3, 0.4) is 0 Å². The first-order valence-corrected chi connectivity index (χ1v) is 12.1. The van der Waals surface area contributed by atoms with E-state index in [0.29, 0.717) is 38.4 Å². The number of aryl methyl sites for hydroxylation is 3. The number of sulfonamides is 1. The average Bonchev–Trinajstić information content (AvgIpc) is 3.13. The average molecular weight is 438 g/mol. The number of morpholine rings is 1. The van der Waals surface area contributed by atoms with Gasteiger partial charge in [-0.3, -0.25) is 4.79 Å². The van der Waals surface area contributed by atoms with Crippen LogP contribution in [0.4, 0.5) is 0 Å². The van der Waals surface area contributed by atoms with Crippen molar-refractivity contribution in [3.63, 3.8) is 0 Å². The molecule has 1 amide bonds. The quantitative estimate of drug-likeness (QED) is 0.641. The van der Waals surface area contributed by atoms with Crippen LogP contribution in [0.1, 0.15) is 39.5 Å². The second-order valence-corrected chi connectivity index (χ2v) is 9.97. The molecule has 0 bridgehead atoms. The zero-order valence-corrected chi connectivity index (χ0v) is 18.4. The Morgan fingerprint density at radius 2 is 2.00 bits per heavy atom. The number of hydrogen-bond donors (Lipinski definition) is 1. The molecule has 1 saturated heterocycles. The first-order valence-electron chi connectivity index (χ1n) is 9.75. The fourth-order valence-electron chi connectivity index (χ4n) is 3.16. The lowest BCUT2D eigenvalue weighted by Gasteiger charge is -2.26. The summed E-state index contributed by atoms with van der Waals surface area (Å²) in [6.07, 6.45) is 2.69. The molecule has 158 valence electrons. The predicted molar refractivity (Wildman–Crippen MR) is 113 cm³/mol. The van der Waals surface area contributed by atoms with E-state index in [1.54, 1.807) is 23.5 Å². The summed E-state index contributed by atoms with van der Waals surface area (Å²) in [5, 5.41) is 6.06. The van der Waals surface area contributed by atoms with Crippen molar-refractivity contribution in [1.82, 2.24) is 14.6 Å². The molecule has 0 spiro atoms. The Bertz CT molecular complexity index is 950. The number of unbranched alkanes of at least 4 members (excludes halogenated alkanes) is 1. The Labute approximate surface area is 176 Å². The molecule has 1 fully saturated rings. The van der Waals surface area contributed by atoms with Gasteiger partial charge < -0.3 is 10.1 Å². The number of nitrogens with zero attached hydrogens (tertiary/aromatic N) is 2. The Balaban J connectivity index is 1.57. The van der Waals surface area contributed by atoms with Gasteiger partial charge in [-0.2, -0.15) is 4.31 Å². The minimum absolute atomic E-state index is 0.147. The zero-order valence-electron chi connectivity index (χ0n) is 16.8. The van der Waals surface area contributed by atoms with E-state index in [-0.39, 0.29) is 10.8 Å². The summed E-state index contributed by atoms with van der Waals surface area (Å²) in [5.74, 6) is -0.244. The van der Waals surface area contributed by atoms with Crippen LogP contribution in [-0.2, 0) is 21.2 Å². The maximum Gasteiger partial charge on any atom is 0.251 e. The summed E-state index contributed by atoms with van der Waals surface area (Å²) in [4.78, 5) is 17.2. The fraction of sp³-hybridized carbons (Fsp3) is 0.500. The van der Waals surface area contributed by atoms with E-state index in [1.807, 2.05) is 19.2 Å². The Morgan fingerprint density at radius 3 is 2.69 bits per heavy atom. The minimum Gasteiger partial charge on any atom is -0.379 e. The SMILES string of the molecule is Cc1csc(CCCCNC(=O)c2cc(S(=O)(=O)N3CCOCC3)ccc2C)n1. The number of nitrogens with one attached hydrogen (secondary N) is 1. The summed E-state index contributed by atoms with van der Waals surface area (Å²) < 4.78 is 32.3. The highest BCUT2D eigenvalue weighted by Gasteiger charge is 2.27. The number of rotatable bonds is 8. The lowest BCUT2D eigenvalue weighted by Crippen LogP contribution is -2.40. The van der Waals surface area contributed by atoms with E-state index in [1.165, 1.54) is 10.4 Å². The molecule has 0 radical (unpaired) electrons. The Hall–Kier alpha value is -1.81. The molecule has 2 aromatic rings. The van der Waals surface area contributed by atoms with E-state index in [9.17, 15) is 13.2 Å². The van der Waals surface area contributed by atoms with Gasteiger partial charge in [-0.25, -0.2) is 13.4 Å². The fourth-order valence-corrected chi connectivity index (χ4v) is 5.41. The van der Waals surface area contributed by atoms with Gasteiger partial charge in [0.25, 0.3) is 5.91 Å². The van der Waals surface area contributed by atoms with Crippen molar-refractivity contribution >= 4 is 27.3 Å². The molecule has 0 atom stereocenters. The molecule has 0 aliphatic carbocycles. The Morgan fingerprint density at radius 1 is 1.24 bits per heavy atom. The van der Waals surface area contributed by atoms with Gasteiger partial charge in [0.2, 0.25) is 10.0 Å². The first kappa shape index (κ1) is 21.9. The number of aromatic nitrogens is 1. The van der Waals surface area contributed by atoms with Crippen molar-refractivity contribution in [1.29, 1.82) is 0 Å². The largest absolute Gasteiger partial charge is 0.379 e. The molecule has 1 N–H and O–H groups in total. The monoisotopic (exact) mass is 437 g/mol. The molecule has 29 heavy (non-hydrogen) atoms. The van der Waals surface area contributed by atoms with Crippen molar-refractivity contribution in [3.05, 3.63) is 45.4 Å². The third-order valence-electron chi connectivity index (χ3n) is 4.83. The van der Waals surface area contributed by atoms with Crippen molar-refractivity contribution in [3.8, 4) is 0 Å². The summed E-state index contributed by atoms with van der Waals surface area (Å²) in [7, 11) is -3.63. The summed E-state index contributed by atoms with van der Waals surface area (Å²) in [6, 6.07) is 4.73. The number of ether oxygens (including phenoxy) is 1. The van der Waals surface area contributed by atoms with Crippen LogP contribution in [0.25, 0.3) is 0 Å². The molecule has 1 aliphatic heterocycles. The second kappa shape index (κ2) is 9.80. The number of thiazole rings is 1. The van der Waals surface area contributed by atoms with Gasteiger partial charge in [-0.15, -0.1) is 11.3 Å². The van der Waals surface area contributed by atoms with Crippen LogP contribution in [0.15, 0.2) is 28.5 Å². The summed E-state index contributed by atoms with van der Waals surface area (Å²) in [5.41, 5.74) is 2.19. The lowest BCUT2D eigenvalue weighted by molar-refractivity contribution is 0.0730. The first-order chi connectivity index (χ1) is 13.9. The van der Waals surface area contributed by atoms with Crippen LogP contribution < -0.4 is 5.32 Å². The summed E-state index contributed by atoms with van der Waals surface area (Å²) >= 11 is 1.66. The van der Waals surface area contributed by atoms with Crippen LogP contribution in [0, 0.1) is 13.8 Å². The van der Waals surface area contributed by atoms with Crippen LogP contribution in [-0.4, -0.2) is 56.5 Å². The third-order valence-corrected chi connectivity index (χ3v) is 7.75. The molecular formula is C20H27N3O4S2. The topological polar surface area (TPSA) is 88.6 Å². The van der Waals surface area contributed by atoms with Gasteiger partial charge >= 0.3 is 0 Å². The Kier molecular flexibility index (Phi) is 7.39. The van der Waals surface area contributed by atoms with E-state index < -0.39 is 10.0 Å². The van der Waals surface area contributed by atoms with Gasteiger partial charge in [-0.05, 0) is 50.8 Å². The van der Waals surface area contributed by atoms with Gasteiger partial charge in [0, 0.05) is 36.3 Å². The van der Waals surface area contributed by atoms with Crippen molar-refractivity contribution in [2.24, 2.45) is 0 Å². The van der Waals surface area contributed by atoms with E-state index in [2.05, 4.69) is 10.3 Å². The molecule has 7 nitrogen and oxygen atoms in total. The number of hydrogen-bond acceptors (Lipinski definition) is 6. The standard InChI is InChI=1S/C20H27N3O4S2/c1-15-6-7-17(29(25,26)23-9-11-27-12-10-23)13-18(15)20(24)21-8-4-3-5-19-22-16(2)14-28-19/h6-7,13-14H,3-5,8-12H2,1-2H3,(H,21,24). The number of carbonyl (C=O) groups is 1. The van der Waals surface area contributed by atoms with Crippen LogP contribution >= 0.6 is 11.3 Å². The highest BCUT2D eigenvalue weighted by molar-refractivity contribution is 7.89. The van der Waals surface area contributed by atoms with Gasteiger partial charge in [0.05, 0.1) is 23.1 Å². The highest BCUT2D eigenvalue weighted by Crippen LogP contribution is 2.20. The molecule has 2 heterocycles. The second-order valence-electron chi connectivity index (χ2n) is 7.09. The number of carbonyl (C=O) groups excluding carboxylic acids is 1. The normalized spacial score (nSPS) is 15.4. The van der Waals surface area contributed by atoms with Crippen molar-refractivity contribution < 1.29 is 17.9 Å². The zero-order chi connectivity index (χ0) is 20.9. The number of amides is 1. The molecule has 0 unspecified atom stereocenters. The smallest absolute Gasteiger partial charge is 0.251 e. The maximum absolute atomic E-state index is 12.8. The molecule has 3 rings (SSSR count). The van der Waals surface area contributed by atoms with E-state index in [4.69, 9.17) is 4.74 Å². The van der Waals surface area contributed by atoms with Gasteiger partial charge in [0.1, 0.15) is 0 Å². The van der Waals surface area contributed by atoms with E-state index >= 15 is 0 Å². The predicted octanol–water partition coefficient (Wildman–Crippen LogP) is 2.53. The maximum atomic E-state index is 12.8. The minimum atomic E-state index is -3.63. The third kappa shape index (κ3) is 5.63. The van der Waals surface area contributed by atoms with E-state index in [0.717, 1.165) is 35.5 Å². The van der Waals surface area contributed by atoms with Gasteiger partial charge in [-0.1, -0.05) is 6.07 Å².